The van der Waals surface area contributed by atoms with Crippen molar-refractivity contribution in [2.75, 3.05) is 5.32 Å². The minimum Gasteiger partial charge on any atom is -0.344 e. The molecule has 3 nitrogen and oxygen atoms in total. The normalized spacial score (nSPS) is 35.7. The maximum atomic E-state index is 4.61. The van der Waals surface area contributed by atoms with Crippen LogP contribution in [-0.2, 0) is 5.41 Å². The third kappa shape index (κ3) is 2.00. The monoisotopic (exact) mass is 311 g/mol. The number of hydrogen-bond acceptors (Lipinski definition) is 4. The first-order valence-corrected chi connectivity index (χ1v) is 9.23. The van der Waals surface area contributed by atoms with Crippen molar-refractivity contribution >= 4 is 22.2 Å². The van der Waals surface area contributed by atoms with Crippen molar-refractivity contribution in [3.63, 3.8) is 0 Å². The molecule has 22 heavy (non-hydrogen) atoms. The van der Waals surface area contributed by atoms with Crippen molar-refractivity contribution in [1.82, 2.24) is 9.59 Å². The summed E-state index contributed by atoms with van der Waals surface area (Å²) in [6, 6.07) is 10.4. The quantitative estimate of drug-likeness (QED) is 0.889. The van der Waals surface area contributed by atoms with Gasteiger partial charge >= 0.3 is 0 Å². The van der Waals surface area contributed by atoms with Gasteiger partial charge in [-0.3, -0.25) is 0 Å². The van der Waals surface area contributed by atoms with Crippen LogP contribution < -0.4 is 5.32 Å². The second-order valence-corrected chi connectivity index (χ2v) is 8.39. The van der Waals surface area contributed by atoms with Gasteiger partial charge in [0.15, 0.2) is 0 Å². The number of para-hydroxylation sites is 1. The predicted molar refractivity (Wildman–Crippen MR) is 89.5 cm³/mol. The summed E-state index contributed by atoms with van der Waals surface area (Å²) in [6.45, 7) is 0. The molecule has 114 valence electrons. The number of rotatable bonds is 3. The number of anilines is 2. The second kappa shape index (κ2) is 4.79. The van der Waals surface area contributed by atoms with Crippen LogP contribution in [0.25, 0.3) is 0 Å². The summed E-state index contributed by atoms with van der Waals surface area (Å²) in [6.07, 6.45) is 8.43. The van der Waals surface area contributed by atoms with Gasteiger partial charge in [-0.05, 0) is 68.4 Å². The molecule has 0 atom stereocenters. The van der Waals surface area contributed by atoms with E-state index in [9.17, 15) is 0 Å². The van der Waals surface area contributed by atoms with Gasteiger partial charge < -0.3 is 5.32 Å². The Bertz CT molecular complexity index is 643. The van der Waals surface area contributed by atoms with Crippen molar-refractivity contribution in [1.29, 1.82) is 0 Å². The Hall–Kier alpha value is -1.42. The first-order valence-electron chi connectivity index (χ1n) is 8.46. The lowest BCUT2D eigenvalue weighted by Gasteiger charge is -2.56. The van der Waals surface area contributed by atoms with Gasteiger partial charge in [0, 0.05) is 22.6 Å². The molecule has 1 aromatic heterocycles. The van der Waals surface area contributed by atoms with E-state index in [-0.39, 0.29) is 0 Å². The fourth-order valence-electron chi connectivity index (χ4n) is 5.67. The fourth-order valence-corrected chi connectivity index (χ4v) is 6.38. The van der Waals surface area contributed by atoms with Gasteiger partial charge in [0.25, 0.3) is 0 Å². The lowest BCUT2D eigenvalue weighted by atomic mass is 9.49. The van der Waals surface area contributed by atoms with Crippen LogP contribution in [0.2, 0.25) is 0 Å². The molecule has 0 spiro atoms. The van der Waals surface area contributed by atoms with Crippen LogP contribution in [0, 0.1) is 17.8 Å². The lowest BCUT2D eigenvalue weighted by Crippen LogP contribution is -2.48. The molecule has 0 radical (unpaired) electrons. The summed E-state index contributed by atoms with van der Waals surface area (Å²) in [7, 11) is 0. The Morgan fingerprint density at radius 2 is 1.59 bits per heavy atom. The lowest BCUT2D eigenvalue weighted by molar-refractivity contribution is -0.00686. The summed E-state index contributed by atoms with van der Waals surface area (Å²) in [5.74, 6) is 2.83. The van der Waals surface area contributed by atoms with Crippen molar-refractivity contribution in [3.8, 4) is 0 Å². The largest absolute Gasteiger partial charge is 0.344 e. The molecule has 1 heterocycles. The van der Waals surface area contributed by atoms with Gasteiger partial charge in [0.05, 0.1) is 0 Å². The molecule has 0 aliphatic heterocycles. The first kappa shape index (κ1) is 13.1. The van der Waals surface area contributed by atoms with E-state index in [1.54, 1.807) is 0 Å². The minimum absolute atomic E-state index is 0.318. The van der Waals surface area contributed by atoms with Crippen LogP contribution in [0.3, 0.4) is 0 Å². The zero-order chi connectivity index (χ0) is 14.6. The van der Waals surface area contributed by atoms with E-state index in [1.807, 2.05) is 0 Å². The third-order valence-electron chi connectivity index (χ3n) is 6.06. The van der Waals surface area contributed by atoms with Crippen LogP contribution in [0.4, 0.5) is 10.7 Å². The highest BCUT2D eigenvalue weighted by molar-refractivity contribution is 7.10. The van der Waals surface area contributed by atoms with E-state index >= 15 is 0 Å². The maximum absolute atomic E-state index is 4.61. The Balaban J connectivity index is 1.50. The molecule has 4 fully saturated rings. The standard InChI is InChI=1S/C18H21N3S/c1-2-4-15(5-3-1)19-17-16(20-21-22-17)18-9-12-6-13(10-18)8-14(7-12)11-18/h1-5,12-14,19H,6-11H2. The van der Waals surface area contributed by atoms with E-state index in [2.05, 4.69) is 45.2 Å². The number of nitrogens with one attached hydrogen (secondary N) is 1. The van der Waals surface area contributed by atoms with Crippen LogP contribution in [0.1, 0.15) is 44.2 Å². The average molecular weight is 311 g/mol. The Morgan fingerprint density at radius 1 is 0.955 bits per heavy atom. The smallest absolute Gasteiger partial charge is 0.138 e. The van der Waals surface area contributed by atoms with Gasteiger partial charge in [-0.1, -0.05) is 22.7 Å². The van der Waals surface area contributed by atoms with Gasteiger partial charge in [-0.2, -0.15) is 0 Å². The van der Waals surface area contributed by atoms with Gasteiger partial charge in [0.2, 0.25) is 0 Å². The summed E-state index contributed by atoms with van der Waals surface area (Å²) < 4.78 is 4.30. The summed E-state index contributed by atoms with van der Waals surface area (Å²) in [5, 5.41) is 9.35. The van der Waals surface area contributed by atoms with Crippen LogP contribution in [0.5, 0.6) is 0 Å². The Kier molecular flexibility index (Phi) is 2.84. The number of nitrogens with zero attached hydrogens (tertiary/aromatic N) is 2. The molecule has 4 bridgehead atoms. The number of aromatic nitrogens is 2. The molecule has 2 aromatic rings. The summed E-state index contributed by atoms with van der Waals surface area (Å²) in [4.78, 5) is 0. The molecular weight excluding hydrogens is 290 g/mol. The zero-order valence-corrected chi connectivity index (χ0v) is 13.5. The molecule has 0 saturated heterocycles. The van der Waals surface area contributed by atoms with Crippen molar-refractivity contribution in [2.45, 2.75) is 43.9 Å². The molecular formula is C18H21N3S. The predicted octanol–water partition coefficient (Wildman–Crippen LogP) is 4.75. The zero-order valence-electron chi connectivity index (χ0n) is 12.7. The van der Waals surface area contributed by atoms with Crippen molar-refractivity contribution < 1.29 is 0 Å². The fraction of sp³-hybridized carbons (Fsp3) is 0.556. The average Bonchev–Trinajstić information content (AvgIpc) is 2.96. The number of hydrogen-bond donors (Lipinski definition) is 1. The van der Waals surface area contributed by atoms with Crippen LogP contribution in [-0.4, -0.2) is 9.59 Å². The molecule has 0 amide bonds. The maximum Gasteiger partial charge on any atom is 0.138 e. The summed E-state index contributed by atoms with van der Waals surface area (Å²) >= 11 is 1.52. The van der Waals surface area contributed by atoms with Gasteiger partial charge in [-0.25, -0.2) is 0 Å². The van der Waals surface area contributed by atoms with Crippen LogP contribution >= 0.6 is 11.5 Å². The summed E-state index contributed by atoms with van der Waals surface area (Å²) in [5.41, 5.74) is 2.72. The highest BCUT2D eigenvalue weighted by Crippen LogP contribution is 2.61. The molecule has 6 rings (SSSR count). The minimum atomic E-state index is 0.318. The van der Waals surface area contributed by atoms with Crippen LogP contribution in [0.15, 0.2) is 30.3 Å². The van der Waals surface area contributed by atoms with Crippen molar-refractivity contribution in [3.05, 3.63) is 36.0 Å². The van der Waals surface area contributed by atoms with E-state index in [4.69, 9.17) is 0 Å². The second-order valence-electron chi connectivity index (χ2n) is 7.64. The first-order chi connectivity index (χ1) is 10.8. The Labute approximate surface area is 135 Å². The molecule has 4 heteroatoms. The molecule has 4 aliphatic carbocycles. The highest BCUT2D eigenvalue weighted by atomic mass is 32.1. The van der Waals surface area contributed by atoms with E-state index in [0.717, 1.165) is 23.4 Å². The topological polar surface area (TPSA) is 37.8 Å². The highest BCUT2D eigenvalue weighted by Gasteiger charge is 2.53. The van der Waals surface area contributed by atoms with Gasteiger partial charge in [0.1, 0.15) is 10.7 Å². The molecule has 4 aliphatic rings. The van der Waals surface area contributed by atoms with E-state index < -0.39 is 0 Å². The SMILES string of the molecule is c1ccc(Nc2snnc2C23CC4CC(CC(C4)C2)C3)cc1. The Morgan fingerprint density at radius 3 is 2.23 bits per heavy atom. The van der Waals surface area contributed by atoms with Crippen molar-refractivity contribution in [2.24, 2.45) is 17.8 Å². The van der Waals surface area contributed by atoms with E-state index in [0.29, 0.717) is 5.41 Å². The molecule has 4 saturated carbocycles. The number of benzene rings is 1. The third-order valence-corrected chi connectivity index (χ3v) is 6.70. The molecule has 0 unspecified atom stereocenters. The van der Waals surface area contributed by atoms with Gasteiger partial charge in [-0.15, -0.1) is 5.10 Å². The molecule has 1 N–H and O–H groups in total. The van der Waals surface area contributed by atoms with E-state index in [1.165, 1.54) is 60.8 Å². The molecule has 1 aromatic carbocycles.